The maximum absolute atomic E-state index is 13.2. The first-order valence-corrected chi connectivity index (χ1v) is 11.0. The van der Waals surface area contributed by atoms with Gasteiger partial charge in [0, 0.05) is 5.56 Å². The Hall–Kier alpha value is -4.12. The average Bonchev–Trinajstić information content (AvgIpc) is 3.57. The number of methoxy groups -OCH3 is 1. The average molecular weight is 482 g/mol. The summed E-state index contributed by atoms with van der Waals surface area (Å²) in [7, 11) is 1.24. The van der Waals surface area contributed by atoms with Crippen LogP contribution in [0.3, 0.4) is 0 Å². The van der Waals surface area contributed by atoms with Crippen molar-refractivity contribution in [3.63, 3.8) is 0 Å². The van der Waals surface area contributed by atoms with E-state index in [-0.39, 0.29) is 26.9 Å². The zero-order valence-electron chi connectivity index (χ0n) is 18.1. The van der Waals surface area contributed by atoms with Crippen LogP contribution in [-0.4, -0.2) is 48.1 Å². The monoisotopic (exact) mass is 482 g/mol. The maximum Gasteiger partial charge on any atom is 0.350 e. The number of aliphatic hydroxyl groups excluding tert-OH is 1. The summed E-state index contributed by atoms with van der Waals surface area (Å²) in [5.41, 5.74) is 0.437. The number of aromatic nitrogens is 1. The van der Waals surface area contributed by atoms with Crippen molar-refractivity contribution < 1.29 is 38.1 Å². The smallest absolute Gasteiger partial charge is 0.350 e. The van der Waals surface area contributed by atoms with Crippen molar-refractivity contribution in [1.29, 1.82) is 0 Å². The van der Waals surface area contributed by atoms with Gasteiger partial charge < -0.3 is 23.7 Å². The molecule has 174 valence electrons. The number of thiazole rings is 1. The Morgan fingerprint density at radius 1 is 1.21 bits per heavy atom. The number of Topliss-reactive ketones (excluding diaryl/α,β-unsaturated/α-hetero) is 1. The Morgan fingerprint density at radius 3 is 2.68 bits per heavy atom. The number of fused-ring (bicyclic) bond motifs is 1. The fourth-order valence-electron chi connectivity index (χ4n) is 3.86. The van der Waals surface area contributed by atoms with E-state index < -0.39 is 29.5 Å². The van der Waals surface area contributed by atoms with Crippen LogP contribution < -0.4 is 14.4 Å². The molecule has 10 nitrogen and oxygen atoms in total. The van der Waals surface area contributed by atoms with E-state index in [2.05, 4.69) is 4.98 Å². The Labute approximate surface area is 197 Å². The molecule has 0 bridgehead atoms. The van der Waals surface area contributed by atoms with Crippen molar-refractivity contribution in [3.05, 3.63) is 64.1 Å². The second-order valence-corrected chi connectivity index (χ2v) is 8.42. The third kappa shape index (κ3) is 3.41. The van der Waals surface area contributed by atoms with Crippen LogP contribution in [-0.2, 0) is 14.3 Å². The molecular weight excluding hydrogens is 464 g/mol. The predicted molar refractivity (Wildman–Crippen MR) is 119 cm³/mol. The topological polar surface area (TPSA) is 128 Å². The molecule has 2 aliphatic heterocycles. The molecule has 1 N–H and O–H groups in total. The summed E-state index contributed by atoms with van der Waals surface area (Å²) in [5.74, 6) is -1.67. The molecule has 1 fully saturated rings. The van der Waals surface area contributed by atoms with E-state index in [0.717, 1.165) is 16.2 Å². The molecule has 0 spiro atoms. The lowest BCUT2D eigenvalue weighted by Gasteiger charge is -2.21. The molecule has 34 heavy (non-hydrogen) atoms. The van der Waals surface area contributed by atoms with Crippen molar-refractivity contribution in [2.75, 3.05) is 25.2 Å². The standard InChI is InChI=1S/C23H18N2O8S/c1-11-20(22(29)30-2)34-23(24-11)25-17(14-4-3-7-31-14)16(19(27)21(25)28)18(26)12-5-6-13-15(10-12)33-9-8-32-13/h3-7,10,17,26H,8-9H2,1-2H3. The number of hydrogen-bond acceptors (Lipinski definition) is 10. The van der Waals surface area contributed by atoms with Gasteiger partial charge in [-0.25, -0.2) is 9.78 Å². The minimum absolute atomic E-state index is 0.0997. The summed E-state index contributed by atoms with van der Waals surface area (Å²) in [5, 5.41) is 11.3. The molecule has 1 unspecified atom stereocenters. The van der Waals surface area contributed by atoms with Crippen LogP contribution >= 0.6 is 11.3 Å². The molecule has 5 rings (SSSR count). The highest BCUT2D eigenvalue weighted by atomic mass is 32.1. The zero-order valence-corrected chi connectivity index (χ0v) is 18.9. The lowest BCUT2D eigenvalue weighted by Crippen LogP contribution is -2.29. The van der Waals surface area contributed by atoms with Crippen LogP contribution in [0.15, 0.2) is 46.6 Å². The lowest BCUT2D eigenvalue weighted by atomic mass is 9.99. The highest BCUT2D eigenvalue weighted by molar-refractivity contribution is 7.17. The molecule has 0 radical (unpaired) electrons. The first kappa shape index (κ1) is 21.7. The van der Waals surface area contributed by atoms with Gasteiger partial charge in [-0.1, -0.05) is 11.3 Å². The maximum atomic E-state index is 13.2. The lowest BCUT2D eigenvalue weighted by molar-refractivity contribution is -0.132. The summed E-state index contributed by atoms with van der Waals surface area (Å²) in [6.07, 6.45) is 1.40. The summed E-state index contributed by atoms with van der Waals surface area (Å²) >= 11 is 0.909. The van der Waals surface area contributed by atoms with E-state index in [1.807, 2.05) is 0 Å². The second-order valence-electron chi connectivity index (χ2n) is 7.45. The molecule has 11 heteroatoms. The highest BCUT2D eigenvalue weighted by Crippen LogP contribution is 2.44. The fraction of sp³-hybridized carbons (Fsp3) is 0.217. The van der Waals surface area contributed by atoms with Gasteiger partial charge >= 0.3 is 11.9 Å². The molecule has 1 saturated heterocycles. The number of aryl methyl sites for hydroxylation is 1. The number of esters is 1. The summed E-state index contributed by atoms with van der Waals surface area (Å²) in [6, 6.07) is 6.82. The molecule has 1 aromatic carbocycles. The van der Waals surface area contributed by atoms with Crippen LogP contribution in [0.1, 0.15) is 32.7 Å². The van der Waals surface area contributed by atoms with Gasteiger partial charge in [0.05, 0.1) is 24.6 Å². The van der Waals surface area contributed by atoms with Crippen LogP contribution in [0.25, 0.3) is 5.76 Å². The summed E-state index contributed by atoms with van der Waals surface area (Å²) in [4.78, 5) is 44.0. The largest absolute Gasteiger partial charge is 0.507 e. The third-order valence-electron chi connectivity index (χ3n) is 5.43. The molecule has 1 amide bonds. The SMILES string of the molecule is COC(=O)c1sc(N2C(=O)C(=O)C(=C(O)c3ccc4c(c3)OCCO4)C2c2ccco2)nc1C. The van der Waals surface area contributed by atoms with E-state index in [1.165, 1.54) is 13.4 Å². The quantitative estimate of drug-likeness (QED) is 0.258. The van der Waals surface area contributed by atoms with Crippen molar-refractivity contribution >= 4 is 39.9 Å². The molecule has 0 saturated carbocycles. The first-order valence-electron chi connectivity index (χ1n) is 10.2. The van der Waals surface area contributed by atoms with E-state index in [9.17, 15) is 19.5 Å². The normalized spacial score (nSPS) is 18.9. The Kier molecular flexibility index (Phi) is 5.33. The van der Waals surface area contributed by atoms with Crippen molar-refractivity contribution in [2.45, 2.75) is 13.0 Å². The first-order chi connectivity index (χ1) is 16.4. The van der Waals surface area contributed by atoms with Gasteiger partial charge in [0.2, 0.25) is 0 Å². The molecule has 0 aliphatic carbocycles. The van der Waals surface area contributed by atoms with Gasteiger partial charge in [-0.15, -0.1) is 0 Å². The number of ether oxygens (including phenoxy) is 3. The van der Waals surface area contributed by atoms with Crippen molar-refractivity contribution in [1.82, 2.24) is 4.98 Å². The van der Waals surface area contributed by atoms with Gasteiger partial charge in [0.25, 0.3) is 5.78 Å². The Balaban J connectivity index is 1.65. The van der Waals surface area contributed by atoms with Crippen LogP contribution in [0, 0.1) is 6.92 Å². The fourth-order valence-corrected chi connectivity index (χ4v) is 4.87. The second kappa shape index (κ2) is 8.34. The molecule has 2 aromatic heterocycles. The number of carbonyl (C=O) groups excluding carboxylic acids is 3. The number of benzene rings is 1. The minimum atomic E-state index is -1.10. The molecular formula is C23H18N2O8S. The van der Waals surface area contributed by atoms with E-state index in [1.54, 1.807) is 37.3 Å². The highest BCUT2D eigenvalue weighted by Gasteiger charge is 2.49. The van der Waals surface area contributed by atoms with Gasteiger partial charge in [0.1, 0.15) is 35.7 Å². The van der Waals surface area contributed by atoms with Gasteiger partial charge in [-0.2, -0.15) is 0 Å². The van der Waals surface area contributed by atoms with E-state index in [4.69, 9.17) is 18.6 Å². The third-order valence-corrected chi connectivity index (χ3v) is 6.57. The molecule has 4 heterocycles. The number of carbonyl (C=O) groups is 3. The van der Waals surface area contributed by atoms with Gasteiger partial charge in [-0.05, 0) is 37.3 Å². The molecule has 3 aromatic rings. The molecule has 1 atom stereocenters. The van der Waals surface area contributed by atoms with Crippen LogP contribution in [0.2, 0.25) is 0 Å². The molecule has 2 aliphatic rings. The Bertz CT molecular complexity index is 1340. The number of anilines is 1. The van der Waals surface area contributed by atoms with Gasteiger partial charge in [-0.3, -0.25) is 14.5 Å². The summed E-state index contributed by atoms with van der Waals surface area (Å²) < 4.78 is 21.4. The number of amides is 1. The van der Waals surface area contributed by atoms with Crippen LogP contribution in [0.5, 0.6) is 11.5 Å². The number of hydrogen-bond donors (Lipinski definition) is 1. The van der Waals surface area contributed by atoms with Crippen LogP contribution in [0.4, 0.5) is 5.13 Å². The number of furan rings is 1. The minimum Gasteiger partial charge on any atom is -0.507 e. The summed E-state index contributed by atoms with van der Waals surface area (Å²) in [6.45, 7) is 2.35. The number of nitrogens with zero attached hydrogens (tertiary/aromatic N) is 2. The number of aliphatic hydroxyl groups is 1. The van der Waals surface area contributed by atoms with Crippen molar-refractivity contribution in [2.24, 2.45) is 0 Å². The number of rotatable bonds is 4. The Morgan fingerprint density at radius 2 is 1.97 bits per heavy atom. The number of ketones is 1. The van der Waals surface area contributed by atoms with Gasteiger partial charge in [0.15, 0.2) is 16.6 Å². The van der Waals surface area contributed by atoms with E-state index >= 15 is 0 Å². The van der Waals surface area contributed by atoms with E-state index in [0.29, 0.717) is 30.4 Å². The predicted octanol–water partition coefficient (Wildman–Crippen LogP) is 3.23. The zero-order chi connectivity index (χ0) is 24.0. The van der Waals surface area contributed by atoms with Crippen molar-refractivity contribution in [3.8, 4) is 11.5 Å².